The second-order valence-electron chi connectivity index (χ2n) is 13.6. The first-order chi connectivity index (χ1) is 29.7. The minimum absolute atomic E-state index is 0.182. The predicted octanol–water partition coefficient (Wildman–Crippen LogP) is 8.95. The van der Waals surface area contributed by atoms with Gasteiger partial charge in [0.25, 0.3) is 0 Å². The number of para-hydroxylation sites is 1. The molecule has 0 aliphatic carbocycles. The lowest BCUT2D eigenvalue weighted by molar-refractivity contribution is -0.138. The zero-order valence-corrected chi connectivity index (χ0v) is 34.9. The van der Waals surface area contributed by atoms with Crippen LogP contribution in [0.15, 0.2) is 127 Å². The number of hydrogen-bond acceptors (Lipinski definition) is 13. The molecule has 61 heavy (non-hydrogen) atoms. The van der Waals surface area contributed by atoms with Crippen LogP contribution >= 0.6 is 11.3 Å². The summed E-state index contributed by atoms with van der Waals surface area (Å²) in [4.78, 5) is 49.4. The number of aromatic nitrogens is 1. The molecule has 0 aliphatic rings. The van der Waals surface area contributed by atoms with Gasteiger partial charge in [0.1, 0.15) is 23.0 Å². The average Bonchev–Trinajstić information content (AvgIpc) is 3.60. The van der Waals surface area contributed by atoms with Crippen molar-refractivity contribution in [2.75, 3.05) is 26.4 Å². The number of ether oxygens (including phenoxy) is 6. The molecule has 0 bridgehead atoms. The zero-order valence-electron chi connectivity index (χ0n) is 34.1. The first-order valence-electron chi connectivity index (χ1n) is 20.0. The Morgan fingerprint density at radius 1 is 0.623 bits per heavy atom. The van der Waals surface area contributed by atoms with Crippen molar-refractivity contribution in [3.8, 4) is 23.0 Å². The van der Waals surface area contributed by atoms with Crippen molar-refractivity contribution in [2.24, 2.45) is 17.3 Å². The number of aryl methyl sites for hydroxylation is 1. The lowest BCUT2D eigenvalue weighted by Gasteiger charge is -2.11. The van der Waals surface area contributed by atoms with Gasteiger partial charge >= 0.3 is 23.9 Å². The summed E-state index contributed by atoms with van der Waals surface area (Å²) in [6.07, 6.45) is 10.6. The highest BCUT2D eigenvalue weighted by atomic mass is 32.1. The van der Waals surface area contributed by atoms with Gasteiger partial charge in [-0.05, 0) is 130 Å². The summed E-state index contributed by atoms with van der Waals surface area (Å²) >= 11 is 1.48. The van der Waals surface area contributed by atoms with Crippen LogP contribution in [0.5, 0.6) is 23.0 Å². The topological polar surface area (TPSA) is 153 Å². The average molecular weight is 848 g/mol. The molecule has 0 aliphatic heterocycles. The molecule has 1 heterocycles. The van der Waals surface area contributed by atoms with Crippen LogP contribution in [0.2, 0.25) is 0 Å². The fraction of sp³-hybridized carbons (Fsp3) is 0.277. The van der Waals surface area contributed by atoms with E-state index < -0.39 is 23.9 Å². The molecule has 14 heteroatoms. The first-order valence-corrected chi connectivity index (χ1v) is 20.8. The minimum Gasteiger partial charge on any atom is -0.494 e. The Morgan fingerprint density at radius 2 is 1.13 bits per heavy atom. The summed E-state index contributed by atoms with van der Waals surface area (Å²) in [5.41, 5.74) is 1.99. The van der Waals surface area contributed by atoms with Crippen LogP contribution < -0.4 is 23.7 Å². The highest BCUT2D eigenvalue weighted by molar-refractivity contribution is 7.16. The molecule has 0 saturated heterocycles. The van der Waals surface area contributed by atoms with E-state index in [4.69, 9.17) is 28.4 Å². The van der Waals surface area contributed by atoms with Gasteiger partial charge in [0.05, 0.1) is 54.0 Å². The van der Waals surface area contributed by atoms with Crippen LogP contribution in [0.1, 0.15) is 77.6 Å². The van der Waals surface area contributed by atoms with Crippen molar-refractivity contribution in [2.45, 2.75) is 51.4 Å². The van der Waals surface area contributed by atoms with Gasteiger partial charge in [-0.25, -0.2) is 19.2 Å². The lowest BCUT2D eigenvalue weighted by Crippen LogP contribution is -2.11. The van der Waals surface area contributed by atoms with Gasteiger partial charge in [0.2, 0.25) is 4.80 Å². The molecule has 0 spiro atoms. The van der Waals surface area contributed by atoms with E-state index in [1.807, 2.05) is 35.9 Å². The monoisotopic (exact) mass is 847 g/mol. The van der Waals surface area contributed by atoms with Gasteiger partial charge in [0.15, 0.2) is 0 Å². The molecule has 5 rings (SSSR count). The van der Waals surface area contributed by atoms with Gasteiger partial charge in [-0.1, -0.05) is 36.6 Å². The van der Waals surface area contributed by atoms with E-state index in [2.05, 4.69) is 23.4 Å². The van der Waals surface area contributed by atoms with Gasteiger partial charge in [-0.2, -0.15) is 5.10 Å². The molecule has 0 saturated carbocycles. The maximum Gasteiger partial charge on any atom is 0.343 e. The predicted molar refractivity (Wildman–Crippen MR) is 233 cm³/mol. The molecule has 13 nitrogen and oxygen atoms in total. The van der Waals surface area contributed by atoms with E-state index >= 15 is 0 Å². The van der Waals surface area contributed by atoms with Crippen LogP contribution in [0, 0.1) is 0 Å². The first kappa shape index (κ1) is 45.3. The zero-order chi connectivity index (χ0) is 43.2. The largest absolute Gasteiger partial charge is 0.494 e. The Morgan fingerprint density at radius 3 is 1.67 bits per heavy atom. The van der Waals surface area contributed by atoms with Crippen molar-refractivity contribution in [3.05, 3.63) is 138 Å². The summed E-state index contributed by atoms with van der Waals surface area (Å²) in [7, 11) is 1.90. The van der Waals surface area contributed by atoms with Crippen molar-refractivity contribution in [3.63, 3.8) is 0 Å². The number of benzene rings is 4. The summed E-state index contributed by atoms with van der Waals surface area (Å²) in [6.45, 7) is 8.50. The second kappa shape index (κ2) is 24.3. The summed E-state index contributed by atoms with van der Waals surface area (Å²) in [5, 5.41) is 8.74. The van der Waals surface area contributed by atoms with Crippen LogP contribution in [-0.4, -0.2) is 61.1 Å². The molecular weight excluding hydrogens is 799 g/mol. The van der Waals surface area contributed by atoms with E-state index in [9.17, 15) is 19.2 Å². The number of carbonyl (C=O) groups is 4. The third-order valence-electron chi connectivity index (χ3n) is 9.07. The van der Waals surface area contributed by atoms with Gasteiger partial charge in [-0.15, -0.1) is 5.10 Å². The lowest BCUT2D eigenvalue weighted by atomic mass is 10.2. The number of hydrogen-bond donors (Lipinski definition) is 0. The Kier molecular flexibility index (Phi) is 18.1. The van der Waals surface area contributed by atoms with Crippen molar-refractivity contribution >= 4 is 51.6 Å². The maximum atomic E-state index is 13.3. The van der Waals surface area contributed by atoms with Crippen molar-refractivity contribution < 1.29 is 47.6 Å². The van der Waals surface area contributed by atoms with Gasteiger partial charge < -0.3 is 33.0 Å². The van der Waals surface area contributed by atoms with E-state index in [1.165, 1.54) is 29.7 Å². The highest BCUT2D eigenvalue weighted by Gasteiger charge is 2.15. The summed E-state index contributed by atoms with van der Waals surface area (Å²) in [6, 6.07) is 25.9. The number of carbonyl (C=O) groups excluding carboxylic acids is 4. The molecule has 5 aromatic rings. The summed E-state index contributed by atoms with van der Waals surface area (Å²) in [5.74, 6) is -0.411. The summed E-state index contributed by atoms with van der Waals surface area (Å²) < 4.78 is 36.1. The number of unbranched alkanes of at least 4 members (excludes halogenated alkanes) is 6. The standard InChI is InChI=1S/C47H49N3O10S/c1-4-43(51)57-30-14-8-6-12-28-55-37-22-18-34(19-23-37)45(53)59-39-26-27-41(36(32-39)33-48-49-47-50(3)40-16-10-11-17-42(40)61-47)60-46(54)35-20-24-38(25-21-35)56-29-13-7-9-15-31-58-44(52)5-2/h4-5,10-11,16-27,32-33H,1-2,6-9,12-15,28-31H2,3H3/b48-33+,49-47-. The van der Waals surface area contributed by atoms with E-state index in [0.29, 0.717) is 59.4 Å². The van der Waals surface area contributed by atoms with Crippen molar-refractivity contribution in [1.29, 1.82) is 0 Å². The molecule has 318 valence electrons. The number of rotatable bonds is 24. The second-order valence-corrected chi connectivity index (χ2v) is 14.6. The van der Waals surface area contributed by atoms with E-state index in [0.717, 1.165) is 73.7 Å². The minimum atomic E-state index is -0.607. The van der Waals surface area contributed by atoms with Gasteiger partial charge in [0, 0.05) is 24.8 Å². The number of esters is 4. The molecule has 0 amide bonds. The smallest absolute Gasteiger partial charge is 0.343 e. The molecule has 1 aromatic heterocycles. The number of fused-ring (bicyclic) bond motifs is 1. The molecular formula is C47H49N3O10S. The fourth-order valence-electron chi connectivity index (χ4n) is 5.76. The van der Waals surface area contributed by atoms with Crippen molar-refractivity contribution in [1.82, 2.24) is 4.57 Å². The van der Waals surface area contributed by atoms with Crippen LogP contribution in [-0.2, 0) is 26.1 Å². The fourth-order valence-corrected chi connectivity index (χ4v) is 6.74. The molecule has 4 aromatic carbocycles. The molecule has 0 N–H and O–H groups in total. The quantitative estimate of drug-likeness (QED) is 0.0147. The molecule has 0 atom stereocenters. The van der Waals surface area contributed by atoms with Crippen LogP contribution in [0.3, 0.4) is 0 Å². The van der Waals surface area contributed by atoms with Gasteiger partial charge in [-0.3, -0.25) is 0 Å². The maximum absolute atomic E-state index is 13.3. The normalized spacial score (nSPS) is 11.3. The Balaban J connectivity index is 1.19. The Labute approximate surface area is 358 Å². The van der Waals surface area contributed by atoms with E-state index in [1.54, 1.807) is 54.6 Å². The number of nitrogens with zero attached hydrogens (tertiary/aromatic N) is 3. The van der Waals surface area contributed by atoms with Crippen LogP contribution in [0.25, 0.3) is 10.2 Å². The Bertz CT molecular complexity index is 2360. The van der Waals surface area contributed by atoms with Crippen LogP contribution in [0.4, 0.5) is 0 Å². The molecule has 0 unspecified atom stereocenters. The number of thiazole rings is 1. The SMILES string of the molecule is C=CC(=O)OCCCCCCOc1ccc(C(=O)Oc2ccc(OC(=O)c3ccc(OCCCCCCOC(=O)C=C)cc3)c(/C=N/N=c3\sc4ccccc4n3C)c2)cc1. The third-order valence-corrected chi connectivity index (χ3v) is 10.2. The third kappa shape index (κ3) is 14.8. The Hall–Kier alpha value is -6.80. The molecule has 0 fully saturated rings. The van der Waals surface area contributed by atoms with E-state index in [-0.39, 0.29) is 11.5 Å². The highest BCUT2D eigenvalue weighted by Crippen LogP contribution is 2.26. The molecule has 0 radical (unpaired) electrons.